The molecule has 5 heteroatoms. The molecule has 1 atom stereocenters. The quantitative estimate of drug-likeness (QED) is 0.381. The largest absolute Gasteiger partial charge is 0.469 e. The van der Waals surface area contributed by atoms with Crippen LogP contribution in [-0.2, 0) is 9.53 Å². The number of ether oxygens (including phenoxy) is 1. The average molecular weight is 201 g/mol. The van der Waals surface area contributed by atoms with Crippen LogP contribution < -0.4 is 10.6 Å². The van der Waals surface area contributed by atoms with Gasteiger partial charge in [0.1, 0.15) is 0 Å². The molecule has 0 amide bonds. The van der Waals surface area contributed by atoms with E-state index < -0.39 is 0 Å². The molecular formula is C9H19N3O2. The summed E-state index contributed by atoms with van der Waals surface area (Å²) in [6, 6.07) is 0. The Labute approximate surface area is 84.9 Å². The molecule has 2 N–H and O–H groups in total. The molecule has 0 aromatic carbocycles. The summed E-state index contributed by atoms with van der Waals surface area (Å²) in [6.45, 7) is 2.54. The second kappa shape index (κ2) is 7.17. The van der Waals surface area contributed by atoms with Crippen LogP contribution in [0.2, 0.25) is 0 Å². The predicted octanol–water partition coefficient (Wildman–Crippen LogP) is -0.0196. The van der Waals surface area contributed by atoms with Crippen LogP contribution in [0.1, 0.15) is 13.3 Å². The maximum Gasteiger partial charge on any atom is 0.308 e. The molecule has 0 aromatic heterocycles. The minimum atomic E-state index is -0.175. The van der Waals surface area contributed by atoms with Crippen LogP contribution in [0, 0.1) is 5.92 Å². The van der Waals surface area contributed by atoms with E-state index in [-0.39, 0.29) is 11.9 Å². The minimum Gasteiger partial charge on any atom is -0.469 e. The molecule has 0 bridgehead atoms. The van der Waals surface area contributed by atoms with Gasteiger partial charge in [0.2, 0.25) is 0 Å². The molecular weight excluding hydrogens is 182 g/mol. The summed E-state index contributed by atoms with van der Waals surface area (Å²) in [5.74, 6) is 0.468. The zero-order valence-electron chi connectivity index (χ0n) is 9.26. The average Bonchev–Trinajstić information content (AvgIpc) is 2.22. The van der Waals surface area contributed by atoms with Crippen molar-refractivity contribution in [1.29, 1.82) is 0 Å². The number of hydrogen-bond donors (Lipinski definition) is 2. The third kappa shape index (κ3) is 4.69. The molecule has 82 valence electrons. The molecule has 0 saturated carbocycles. The number of methoxy groups -OCH3 is 1. The van der Waals surface area contributed by atoms with Crippen molar-refractivity contribution in [2.24, 2.45) is 10.9 Å². The van der Waals surface area contributed by atoms with E-state index in [9.17, 15) is 4.79 Å². The van der Waals surface area contributed by atoms with E-state index in [1.165, 1.54) is 7.11 Å². The van der Waals surface area contributed by atoms with Crippen LogP contribution in [0.4, 0.5) is 0 Å². The molecule has 0 fully saturated rings. The molecule has 0 aliphatic carbocycles. The van der Waals surface area contributed by atoms with Crippen molar-refractivity contribution < 1.29 is 9.53 Å². The second-order valence-corrected chi connectivity index (χ2v) is 2.96. The highest BCUT2D eigenvalue weighted by molar-refractivity contribution is 5.79. The summed E-state index contributed by atoms with van der Waals surface area (Å²) in [5.41, 5.74) is 0. The highest BCUT2D eigenvalue weighted by Gasteiger charge is 2.12. The lowest BCUT2D eigenvalue weighted by atomic mass is 10.1. The first-order chi connectivity index (χ1) is 6.65. The lowest BCUT2D eigenvalue weighted by molar-refractivity contribution is -0.144. The molecule has 1 unspecified atom stereocenters. The zero-order chi connectivity index (χ0) is 11.0. The summed E-state index contributed by atoms with van der Waals surface area (Å²) in [7, 11) is 4.89. The van der Waals surface area contributed by atoms with E-state index >= 15 is 0 Å². The van der Waals surface area contributed by atoms with Gasteiger partial charge >= 0.3 is 5.97 Å². The summed E-state index contributed by atoms with van der Waals surface area (Å²) < 4.78 is 4.61. The van der Waals surface area contributed by atoms with Crippen molar-refractivity contribution >= 4 is 11.9 Å². The van der Waals surface area contributed by atoms with Gasteiger partial charge in [0.25, 0.3) is 0 Å². The maximum absolute atomic E-state index is 11.0. The van der Waals surface area contributed by atoms with Crippen molar-refractivity contribution in [3.8, 4) is 0 Å². The Morgan fingerprint density at radius 2 is 2.21 bits per heavy atom. The van der Waals surface area contributed by atoms with Crippen molar-refractivity contribution in [3.63, 3.8) is 0 Å². The number of nitrogens with one attached hydrogen (secondary N) is 2. The molecule has 0 saturated heterocycles. The fourth-order valence-electron chi connectivity index (χ4n) is 1.01. The fraction of sp³-hybridized carbons (Fsp3) is 0.778. The predicted molar refractivity (Wildman–Crippen MR) is 56.2 cm³/mol. The van der Waals surface area contributed by atoms with Crippen LogP contribution in [0.15, 0.2) is 4.99 Å². The van der Waals surface area contributed by atoms with Gasteiger partial charge in [-0.05, 0) is 6.42 Å². The molecule has 5 nitrogen and oxygen atoms in total. The van der Waals surface area contributed by atoms with Crippen molar-refractivity contribution in [2.75, 3.05) is 27.7 Å². The number of aliphatic imine (C=N–C) groups is 1. The normalized spacial score (nSPS) is 13.3. The van der Waals surface area contributed by atoms with Gasteiger partial charge < -0.3 is 15.4 Å². The lowest BCUT2D eigenvalue weighted by Gasteiger charge is -2.11. The maximum atomic E-state index is 11.0. The molecule has 0 aliphatic heterocycles. The molecule has 0 spiro atoms. The number of carbonyl (C=O) groups is 1. The summed E-state index contributed by atoms with van der Waals surface area (Å²) in [4.78, 5) is 15.0. The summed E-state index contributed by atoms with van der Waals surface area (Å²) in [6.07, 6.45) is 0.730. The first-order valence-electron chi connectivity index (χ1n) is 4.62. The smallest absolute Gasteiger partial charge is 0.308 e. The number of rotatable bonds is 4. The van der Waals surface area contributed by atoms with Crippen LogP contribution in [0.5, 0.6) is 0 Å². The Morgan fingerprint density at radius 3 is 2.64 bits per heavy atom. The topological polar surface area (TPSA) is 62.7 Å². The van der Waals surface area contributed by atoms with Crippen LogP contribution in [0.25, 0.3) is 0 Å². The summed E-state index contributed by atoms with van der Waals surface area (Å²) in [5, 5.41) is 5.95. The highest BCUT2D eigenvalue weighted by Crippen LogP contribution is 2.01. The van der Waals surface area contributed by atoms with Gasteiger partial charge in [-0.15, -0.1) is 0 Å². The SMILES string of the molecule is CN=C(NC)NCCC(C)C(=O)OC. The number of nitrogens with zero attached hydrogens (tertiary/aromatic N) is 1. The molecule has 0 aliphatic rings. The third-order valence-electron chi connectivity index (χ3n) is 1.93. The summed E-state index contributed by atoms with van der Waals surface area (Å²) >= 11 is 0. The van der Waals surface area contributed by atoms with Gasteiger partial charge in [-0.2, -0.15) is 0 Å². The van der Waals surface area contributed by atoms with Crippen LogP contribution >= 0.6 is 0 Å². The first-order valence-corrected chi connectivity index (χ1v) is 4.62. The molecule has 0 radical (unpaired) electrons. The number of esters is 1. The van der Waals surface area contributed by atoms with Gasteiger partial charge in [0, 0.05) is 20.6 Å². The van der Waals surface area contributed by atoms with Gasteiger partial charge in [0.05, 0.1) is 13.0 Å². The molecule has 0 heterocycles. The van der Waals surface area contributed by atoms with E-state index in [1.807, 2.05) is 6.92 Å². The Morgan fingerprint density at radius 1 is 1.57 bits per heavy atom. The van der Waals surface area contributed by atoms with E-state index in [0.29, 0.717) is 6.54 Å². The standard InChI is InChI=1S/C9H19N3O2/c1-7(8(13)14-4)5-6-12-9(10-2)11-3/h7H,5-6H2,1-4H3,(H2,10,11,12). The Kier molecular flexibility index (Phi) is 6.53. The van der Waals surface area contributed by atoms with Crippen molar-refractivity contribution in [3.05, 3.63) is 0 Å². The third-order valence-corrected chi connectivity index (χ3v) is 1.93. The number of carbonyl (C=O) groups excluding carboxylic acids is 1. The number of guanidine groups is 1. The molecule has 14 heavy (non-hydrogen) atoms. The van der Waals surface area contributed by atoms with Gasteiger partial charge in [-0.1, -0.05) is 6.92 Å². The van der Waals surface area contributed by atoms with Gasteiger partial charge in [-0.3, -0.25) is 9.79 Å². The minimum absolute atomic E-state index is 0.0811. The van der Waals surface area contributed by atoms with Crippen LogP contribution in [0.3, 0.4) is 0 Å². The van der Waals surface area contributed by atoms with E-state index in [0.717, 1.165) is 12.4 Å². The highest BCUT2D eigenvalue weighted by atomic mass is 16.5. The Balaban J connectivity index is 3.68. The van der Waals surface area contributed by atoms with Crippen LogP contribution in [-0.4, -0.2) is 39.7 Å². The lowest BCUT2D eigenvalue weighted by Crippen LogP contribution is -2.36. The van der Waals surface area contributed by atoms with Gasteiger partial charge in [-0.25, -0.2) is 0 Å². The van der Waals surface area contributed by atoms with Gasteiger partial charge in [0.15, 0.2) is 5.96 Å². The molecule has 0 aromatic rings. The fourth-order valence-corrected chi connectivity index (χ4v) is 1.01. The van der Waals surface area contributed by atoms with E-state index in [4.69, 9.17) is 0 Å². The molecule has 0 rings (SSSR count). The Bertz CT molecular complexity index is 204. The zero-order valence-corrected chi connectivity index (χ0v) is 9.26. The monoisotopic (exact) mass is 201 g/mol. The van der Waals surface area contributed by atoms with E-state index in [1.54, 1.807) is 14.1 Å². The number of hydrogen-bond acceptors (Lipinski definition) is 3. The Hall–Kier alpha value is -1.26. The van der Waals surface area contributed by atoms with Crippen molar-refractivity contribution in [1.82, 2.24) is 10.6 Å². The van der Waals surface area contributed by atoms with Crippen molar-refractivity contribution in [2.45, 2.75) is 13.3 Å². The first kappa shape index (κ1) is 12.7. The second-order valence-electron chi connectivity index (χ2n) is 2.96. The van der Waals surface area contributed by atoms with E-state index in [2.05, 4.69) is 20.4 Å².